The Morgan fingerprint density at radius 1 is 1.37 bits per heavy atom. The fraction of sp³-hybridized carbons (Fsp3) is 0.615. The van der Waals surface area contributed by atoms with Gasteiger partial charge in [-0.15, -0.1) is 0 Å². The van der Waals surface area contributed by atoms with E-state index in [9.17, 15) is 4.79 Å². The van der Waals surface area contributed by atoms with Gasteiger partial charge in [-0.2, -0.15) is 0 Å². The van der Waals surface area contributed by atoms with Crippen molar-refractivity contribution in [3.8, 4) is 5.88 Å². The van der Waals surface area contributed by atoms with E-state index < -0.39 is 0 Å². The predicted octanol–water partition coefficient (Wildman–Crippen LogP) is 0.790. The zero-order chi connectivity index (χ0) is 13.8. The number of amides is 1. The van der Waals surface area contributed by atoms with Gasteiger partial charge in [-0.1, -0.05) is 0 Å². The molecule has 2 rings (SSSR count). The molecule has 6 nitrogen and oxygen atoms in total. The molecule has 1 aliphatic heterocycles. The molecular formula is C13H20N4O2. The van der Waals surface area contributed by atoms with Crippen molar-refractivity contribution in [3.05, 3.63) is 12.4 Å². The van der Waals surface area contributed by atoms with Crippen LogP contribution in [-0.4, -0.2) is 55.1 Å². The van der Waals surface area contributed by atoms with Crippen LogP contribution in [-0.2, 0) is 4.79 Å². The van der Waals surface area contributed by atoms with E-state index in [4.69, 9.17) is 4.74 Å². The Labute approximate surface area is 113 Å². The summed E-state index contributed by atoms with van der Waals surface area (Å²) in [4.78, 5) is 24.0. The molecule has 19 heavy (non-hydrogen) atoms. The number of hydrogen-bond acceptors (Lipinski definition) is 5. The van der Waals surface area contributed by atoms with Crippen LogP contribution in [0.2, 0.25) is 0 Å². The number of aromatic nitrogens is 2. The van der Waals surface area contributed by atoms with Crippen LogP contribution in [0.15, 0.2) is 12.4 Å². The second kappa shape index (κ2) is 5.86. The van der Waals surface area contributed by atoms with Gasteiger partial charge in [-0.25, -0.2) is 9.97 Å². The van der Waals surface area contributed by atoms with E-state index in [2.05, 4.69) is 14.9 Å². The van der Waals surface area contributed by atoms with Crippen molar-refractivity contribution in [1.82, 2.24) is 14.9 Å². The van der Waals surface area contributed by atoms with Crippen LogP contribution >= 0.6 is 0 Å². The third kappa shape index (κ3) is 3.13. The molecule has 0 spiro atoms. The Morgan fingerprint density at radius 2 is 2.05 bits per heavy atom. The Bertz CT molecular complexity index is 442. The molecule has 0 N–H and O–H groups in total. The average molecular weight is 264 g/mol. The summed E-state index contributed by atoms with van der Waals surface area (Å²) < 4.78 is 5.10. The second-order valence-electron chi connectivity index (χ2n) is 4.91. The molecule has 0 bridgehead atoms. The minimum absolute atomic E-state index is 0.134. The monoisotopic (exact) mass is 264 g/mol. The first-order chi connectivity index (χ1) is 9.11. The van der Waals surface area contributed by atoms with E-state index in [1.54, 1.807) is 12.0 Å². The van der Waals surface area contributed by atoms with Crippen molar-refractivity contribution >= 4 is 11.7 Å². The van der Waals surface area contributed by atoms with E-state index in [1.165, 1.54) is 6.33 Å². The zero-order valence-corrected chi connectivity index (χ0v) is 11.7. The van der Waals surface area contributed by atoms with Crippen molar-refractivity contribution in [1.29, 1.82) is 0 Å². The quantitative estimate of drug-likeness (QED) is 0.808. The first-order valence-electron chi connectivity index (χ1n) is 6.44. The molecule has 1 amide bonds. The van der Waals surface area contributed by atoms with Gasteiger partial charge in [0.15, 0.2) is 0 Å². The maximum absolute atomic E-state index is 11.9. The van der Waals surface area contributed by atoms with Gasteiger partial charge in [0.1, 0.15) is 12.1 Å². The molecule has 1 aliphatic rings. The summed E-state index contributed by atoms with van der Waals surface area (Å²) in [6.07, 6.45) is 3.23. The number of methoxy groups -OCH3 is 1. The first-order valence-corrected chi connectivity index (χ1v) is 6.44. The summed E-state index contributed by atoms with van der Waals surface area (Å²) in [5, 5.41) is 0. The van der Waals surface area contributed by atoms with E-state index in [1.807, 2.05) is 20.2 Å². The van der Waals surface area contributed by atoms with Crippen molar-refractivity contribution < 1.29 is 9.53 Å². The van der Waals surface area contributed by atoms with E-state index in [0.717, 1.165) is 31.7 Å². The Hall–Kier alpha value is -1.85. The lowest BCUT2D eigenvalue weighted by Gasteiger charge is -2.33. The maximum atomic E-state index is 11.9. The Balaban J connectivity index is 1.97. The third-order valence-electron chi connectivity index (χ3n) is 3.45. The number of carbonyl (C=O) groups is 1. The van der Waals surface area contributed by atoms with Gasteiger partial charge in [-0.05, 0) is 12.8 Å². The summed E-state index contributed by atoms with van der Waals surface area (Å²) in [6.45, 7) is 1.68. The van der Waals surface area contributed by atoms with Gasteiger partial charge in [-0.3, -0.25) is 4.79 Å². The number of rotatable bonds is 3. The number of nitrogens with zero attached hydrogens (tertiary/aromatic N) is 4. The largest absolute Gasteiger partial charge is 0.481 e. The van der Waals surface area contributed by atoms with Crippen LogP contribution in [0.5, 0.6) is 5.88 Å². The van der Waals surface area contributed by atoms with Crippen molar-refractivity contribution in [2.45, 2.75) is 12.8 Å². The van der Waals surface area contributed by atoms with E-state index in [0.29, 0.717) is 5.88 Å². The third-order valence-corrected chi connectivity index (χ3v) is 3.45. The van der Waals surface area contributed by atoms with Gasteiger partial charge in [0.05, 0.1) is 7.11 Å². The highest BCUT2D eigenvalue weighted by Crippen LogP contribution is 2.24. The summed E-state index contributed by atoms with van der Waals surface area (Å²) in [6, 6.07) is 1.83. The predicted molar refractivity (Wildman–Crippen MR) is 72.2 cm³/mol. The molecule has 1 aromatic heterocycles. The van der Waals surface area contributed by atoms with E-state index in [-0.39, 0.29) is 11.8 Å². The Morgan fingerprint density at radius 3 is 2.63 bits per heavy atom. The van der Waals surface area contributed by atoms with Gasteiger partial charge < -0.3 is 14.5 Å². The summed E-state index contributed by atoms with van der Waals surface area (Å²) in [7, 11) is 5.21. The summed E-state index contributed by atoms with van der Waals surface area (Å²) >= 11 is 0. The number of hydrogen-bond donors (Lipinski definition) is 0. The van der Waals surface area contributed by atoms with Crippen LogP contribution in [0.4, 0.5) is 5.82 Å². The minimum Gasteiger partial charge on any atom is -0.481 e. The topological polar surface area (TPSA) is 58.6 Å². The molecule has 0 atom stereocenters. The molecule has 6 heteroatoms. The second-order valence-corrected chi connectivity index (χ2v) is 4.91. The Kier molecular flexibility index (Phi) is 4.19. The molecule has 1 saturated heterocycles. The fourth-order valence-corrected chi connectivity index (χ4v) is 2.34. The van der Waals surface area contributed by atoms with Crippen molar-refractivity contribution in [3.63, 3.8) is 0 Å². The molecule has 0 aromatic carbocycles. The molecule has 2 heterocycles. The molecule has 0 saturated carbocycles. The number of carbonyl (C=O) groups excluding carboxylic acids is 1. The molecule has 1 aromatic rings. The number of ether oxygens (including phenoxy) is 1. The van der Waals surface area contributed by atoms with Gasteiger partial charge in [0, 0.05) is 39.2 Å². The highest BCUT2D eigenvalue weighted by Gasteiger charge is 2.26. The minimum atomic E-state index is 0.134. The molecule has 0 unspecified atom stereocenters. The highest BCUT2D eigenvalue weighted by molar-refractivity contribution is 5.78. The maximum Gasteiger partial charge on any atom is 0.225 e. The average Bonchev–Trinajstić information content (AvgIpc) is 2.46. The smallest absolute Gasteiger partial charge is 0.225 e. The lowest BCUT2D eigenvalue weighted by atomic mass is 9.95. The van der Waals surface area contributed by atoms with Gasteiger partial charge >= 0.3 is 0 Å². The van der Waals surface area contributed by atoms with Crippen LogP contribution in [0.3, 0.4) is 0 Å². The molecule has 0 radical (unpaired) electrons. The van der Waals surface area contributed by atoms with E-state index >= 15 is 0 Å². The summed E-state index contributed by atoms with van der Waals surface area (Å²) in [5.74, 6) is 1.79. The summed E-state index contributed by atoms with van der Waals surface area (Å²) in [5.41, 5.74) is 0. The van der Waals surface area contributed by atoms with Crippen LogP contribution in [0.1, 0.15) is 12.8 Å². The van der Waals surface area contributed by atoms with Gasteiger partial charge in [0.2, 0.25) is 11.8 Å². The van der Waals surface area contributed by atoms with Crippen molar-refractivity contribution in [2.75, 3.05) is 39.2 Å². The number of piperidine rings is 1. The molecule has 1 fully saturated rings. The molecule has 104 valence electrons. The van der Waals surface area contributed by atoms with Crippen LogP contribution in [0.25, 0.3) is 0 Å². The fourth-order valence-electron chi connectivity index (χ4n) is 2.34. The van der Waals surface area contributed by atoms with Crippen molar-refractivity contribution in [2.24, 2.45) is 5.92 Å². The standard InChI is InChI=1S/C13H20N4O2/c1-16(2)13(18)10-4-6-17(7-5-10)11-8-12(19-3)15-9-14-11/h8-10H,4-7H2,1-3H3. The normalized spacial score (nSPS) is 16.3. The lowest BCUT2D eigenvalue weighted by Crippen LogP contribution is -2.40. The molecular weight excluding hydrogens is 244 g/mol. The highest BCUT2D eigenvalue weighted by atomic mass is 16.5. The SMILES string of the molecule is COc1cc(N2CCC(C(=O)N(C)C)CC2)ncn1. The molecule has 0 aliphatic carbocycles. The van der Waals surface area contributed by atoms with Crippen LogP contribution in [0, 0.1) is 5.92 Å². The lowest BCUT2D eigenvalue weighted by molar-refractivity contribution is -0.133. The van der Waals surface area contributed by atoms with Gasteiger partial charge in [0.25, 0.3) is 0 Å². The zero-order valence-electron chi connectivity index (χ0n) is 11.7. The number of anilines is 1. The van der Waals surface area contributed by atoms with Crippen LogP contribution < -0.4 is 9.64 Å². The first kappa shape index (κ1) is 13.6.